The van der Waals surface area contributed by atoms with Crippen LogP contribution in [0.3, 0.4) is 0 Å². The van der Waals surface area contributed by atoms with Crippen molar-refractivity contribution >= 4 is 29.0 Å². The standard InChI is InChI=1S/C17H22Cl2O/c1-2-3-4-12-5-7-13(8-6-12)17(20)15-10-9-14(18)11-16(15)19/h9-13H,2-8H2,1H3. The summed E-state index contributed by atoms with van der Waals surface area (Å²) in [6.45, 7) is 2.23. The minimum Gasteiger partial charge on any atom is -0.294 e. The molecule has 0 saturated heterocycles. The molecule has 0 aliphatic heterocycles. The first kappa shape index (κ1) is 15.9. The van der Waals surface area contributed by atoms with Gasteiger partial charge in [0, 0.05) is 16.5 Å². The van der Waals surface area contributed by atoms with Gasteiger partial charge in [-0.2, -0.15) is 0 Å². The van der Waals surface area contributed by atoms with Crippen LogP contribution in [0.25, 0.3) is 0 Å². The molecule has 0 aromatic heterocycles. The van der Waals surface area contributed by atoms with E-state index in [2.05, 4.69) is 6.92 Å². The molecule has 1 nitrogen and oxygen atoms in total. The average Bonchev–Trinajstić information content (AvgIpc) is 2.45. The van der Waals surface area contributed by atoms with Crippen molar-refractivity contribution in [2.75, 3.05) is 0 Å². The van der Waals surface area contributed by atoms with E-state index in [0.29, 0.717) is 15.6 Å². The van der Waals surface area contributed by atoms with Crippen molar-refractivity contribution in [2.45, 2.75) is 51.9 Å². The highest BCUT2D eigenvalue weighted by molar-refractivity contribution is 6.36. The highest BCUT2D eigenvalue weighted by Gasteiger charge is 2.27. The average molecular weight is 313 g/mol. The maximum atomic E-state index is 12.5. The molecule has 0 unspecified atom stereocenters. The summed E-state index contributed by atoms with van der Waals surface area (Å²) in [5, 5.41) is 1.06. The van der Waals surface area contributed by atoms with E-state index in [1.54, 1.807) is 18.2 Å². The summed E-state index contributed by atoms with van der Waals surface area (Å²) in [7, 11) is 0. The molecule has 0 heterocycles. The van der Waals surface area contributed by atoms with Crippen LogP contribution in [0.2, 0.25) is 10.0 Å². The van der Waals surface area contributed by atoms with Gasteiger partial charge in [-0.05, 0) is 49.8 Å². The van der Waals surface area contributed by atoms with Gasteiger partial charge in [-0.15, -0.1) is 0 Å². The summed E-state index contributed by atoms with van der Waals surface area (Å²) in [6.07, 6.45) is 8.27. The number of carbonyl (C=O) groups is 1. The number of carbonyl (C=O) groups excluding carboxylic acids is 1. The Balaban J connectivity index is 1.94. The minimum absolute atomic E-state index is 0.145. The summed E-state index contributed by atoms with van der Waals surface area (Å²) < 4.78 is 0. The maximum Gasteiger partial charge on any atom is 0.167 e. The van der Waals surface area contributed by atoms with Crippen molar-refractivity contribution in [1.82, 2.24) is 0 Å². The molecule has 0 N–H and O–H groups in total. The fourth-order valence-corrected chi connectivity index (χ4v) is 3.62. The summed E-state index contributed by atoms with van der Waals surface area (Å²) in [5.74, 6) is 1.16. The first-order chi connectivity index (χ1) is 9.61. The first-order valence-corrected chi connectivity index (χ1v) is 8.36. The Morgan fingerprint density at radius 3 is 2.50 bits per heavy atom. The molecule has 0 atom stereocenters. The first-order valence-electron chi connectivity index (χ1n) is 7.61. The molecule has 0 radical (unpaired) electrons. The molecule has 1 fully saturated rings. The third-order valence-corrected chi connectivity index (χ3v) is 4.93. The Hall–Kier alpha value is -0.530. The summed E-state index contributed by atoms with van der Waals surface area (Å²) in [4.78, 5) is 12.5. The van der Waals surface area contributed by atoms with Gasteiger partial charge in [-0.3, -0.25) is 4.79 Å². The van der Waals surface area contributed by atoms with Gasteiger partial charge in [0.25, 0.3) is 0 Å². The van der Waals surface area contributed by atoms with Crippen molar-refractivity contribution in [1.29, 1.82) is 0 Å². The third kappa shape index (κ3) is 3.99. The van der Waals surface area contributed by atoms with E-state index in [1.807, 2.05) is 0 Å². The predicted molar refractivity (Wildman–Crippen MR) is 85.8 cm³/mol. The zero-order chi connectivity index (χ0) is 14.5. The molecule has 2 rings (SSSR count). The Kier molecular flexibility index (Phi) is 5.92. The summed E-state index contributed by atoms with van der Waals surface area (Å²) in [5.41, 5.74) is 0.632. The van der Waals surface area contributed by atoms with Gasteiger partial charge < -0.3 is 0 Å². The number of halogens is 2. The Morgan fingerprint density at radius 1 is 1.20 bits per heavy atom. The SMILES string of the molecule is CCCCC1CCC(C(=O)c2ccc(Cl)cc2Cl)CC1. The molecule has 20 heavy (non-hydrogen) atoms. The highest BCUT2D eigenvalue weighted by Crippen LogP contribution is 2.35. The van der Waals surface area contributed by atoms with Gasteiger partial charge in [-0.1, -0.05) is 49.4 Å². The fourth-order valence-electron chi connectivity index (χ4n) is 3.12. The van der Waals surface area contributed by atoms with E-state index in [4.69, 9.17) is 23.2 Å². The normalized spacial score (nSPS) is 22.8. The number of unbranched alkanes of at least 4 members (excludes halogenated alkanes) is 1. The number of hydrogen-bond donors (Lipinski definition) is 0. The van der Waals surface area contributed by atoms with E-state index in [0.717, 1.165) is 18.8 Å². The van der Waals surface area contributed by atoms with E-state index in [1.165, 1.54) is 32.1 Å². The van der Waals surface area contributed by atoms with E-state index >= 15 is 0 Å². The van der Waals surface area contributed by atoms with Crippen LogP contribution in [0.1, 0.15) is 62.2 Å². The Labute approximate surface area is 131 Å². The highest BCUT2D eigenvalue weighted by atomic mass is 35.5. The molecule has 0 amide bonds. The molecular weight excluding hydrogens is 291 g/mol. The van der Waals surface area contributed by atoms with Crippen LogP contribution >= 0.6 is 23.2 Å². The van der Waals surface area contributed by atoms with Crippen molar-refractivity contribution in [2.24, 2.45) is 11.8 Å². The molecule has 110 valence electrons. The van der Waals surface area contributed by atoms with Crippen LogP contribution in [0.4, 0.5) is 0 Å². The number of hydrogen-bond acceptors (Lipinski definition) is 1. The zero-order valence-corrected chi connectivity index (χ0v) is 13.5. The maximum absolute atomic E-state index is 12.5. The molecule has 3 heteroatoms. The van der Waals surface area contributed by atoms with Crippen LogP contribution in [-0.4, -0.2) is 5.78 Å². The summed E-state index contributed by atoms with van der Waals surface area (Å²) >= 11 is 12.0. The van der Waals surface area contributed by atoms with Crippen LogP contribution in [0.15, 0.2) is 18.2 Å². The summed E-state index contributed by atoms with van der Waals surface area (Å²) in [6, 6.07) is 5.16. The van der Waals surface area contributed by atoms with E-state index in [9.17, 15) is 4.79 Å². The van der Waals surface area contributed by atoms with Crippen LogP contribution < -0.4 is 0 Å². The number of benzene rings is 1. The number of ketones is 1. The van der Waals surface area contributed by atoms with Crippen molar-refractivity contribution in [3.63, 3.8) is 0 Å². The molecule has 0 bridgehead atoms. The van der Waals surface area contributed by atoms with Gasteiger partial charge in [0.15, 0.2) is 5.78 Å². The lowest BCUT2D eigenvalue weighted by Gasteiger charge is -2.27. The smallest absolute Gasteiger partial charge is 0.167 e. The van der Waals surface area contributed by atoms with Crippen LogP contribution in [0.5, 0.6) is 0 Å². The largest absolute Gasteiger partial charge is 0.294 e. The lowest BCUT2D eigenvalue weighted by molar-refractivity contribution is 0.0869. The van der Waals surface area contributed by atoms with Crippen LogP contribution in [0, 0.1) is 11.8 Å². The zero-order valence-electron chi connectivity index (χ0n) is 12.0. The molecule has 1 saturated carbocycles. The van der Waals surface area contributed by atoms with Gasteiger partial charge >= 0.3 is 0 Å². The minimum atomic E-state index is 0.145. The monoisotopic (exact) mass is 312 g/mol. The second-order valence-corrected chi connectivity index (χ2v) is 6.69. The molecule has 1 aliphatic rings. The fraction of sp³-hybridized carbons (Fsp3) is 0.588. The quantitative estimate of drug-likeness (QED) is 0.594. The molecule has 1 aromatic rings. The Morgan fingerprint density at radius 2 is 1.90 bits per heavy atom. The van der Waals surface area contributed by atoms with Crippen molar-refractivity contribution in [3.8, 4) is 0 Å². The van der Waals surface area contributed by atoms with Gasteiger partial charge in [-0.25, -0.2) is 0 Å². The second kappa shape index (κ2) is 7.47. The molecular formula is C17H22Cl2O. The number of Topliss-reactive ketones (excluding diaryl/α,β-unsaturated/α-hetero) is 1. The molecule has 1 aromatic carbocycles. The predicted octanol–water partition coefficient (Wildman–Crippen LogP) is 6.17. The lowest BCUT2D eigenvalue weighted by atomic mass is 9.77. The molecule has 1 aliphatic carbocycles. The topological polar surface area (TPSA) is 17.1 Å². The molecule has 0 spiro atoms. The Bertz CT molecular complexity index is 462. The lowest BCUT2D eigenvalue weighted by Crippen LogP contribution is -2.22. The van der Waals surface area contributed by atoms with E-state index < -0.39 is 0 Å². The van der Waals surface area contributed by atoms with Gasteiger partial charge in [0.1, 0.15) is 0 Å². The number of rotatable bonds is 5. The van der Waals surface area contributed by atoms with Gasteiger partial charge in [0.2, 0.25) is 0 Å². The van der Waals surface area contributed by atoms with E-state index in [-0.39, 0.29) is 11.7 Å². The van der Waals surface area contributed by atoms with Crippen LogP contribution in [-0.2, 0) is 0 Å². The van der Waals surface area contributed by atoms with Crippen molar-refractivity contribution < 1.29 is 4.79 Å². The third-order valence-electron chi connectivity index (χ3n) is 4.38. The van der Waals surface area contributed by atoms with Crippen molar-refractivity contribution in [3.05, 3.63) is 33.8 Å². The van der Waals surface area contributed by atoms with Gasteiger partial charge in [0.05, 0.1) is 5.02 Å². The second-order valence-electron chi connectivity index (χ2n) is 5.85.